The molecule has 0 heterocycles. The van der Waals surface area contributed by atoms with Crippen molar-refractivity contribution in [1.29, 1.82) is 0 Å². The summed E-state index contributed by atoms with van der Waals surface area (Å²) < 4.78 is 5.32. The summed E-state index contributed by atoms with van der Waals surface area (Å²) in [6.45, 7) is 0. The van der Waals surface area contributed by atoms with Gasteiger partial charge in [0.15, 0.2) is 12.0 Å². The van der Waals surface area contributed by atoms with Crippen LogP contribution in [0.4, 0.5) is 0 Å². The van der Waals surface area contributed by atoms with Crippen LogP contribution in [0.2, 0.25) is 5.02 Å². The maximum absolute atomic E-state index is 10.7. The molecule has 0 N–H and O–H groups in total. The van der Waals surface area contributed by atoms with Crippen molar-refractivity contribution in [2.24, 2.45) is 0 Å². The van der Waals surface area contributed by atoms with Crippen molar-refractivity contribution < 1.29 is 9.53 Å². The summed E-state index contributed by atoms with van der Waals surface area (Å²) in [7, 11) is 3.61. The Morgan fingerprint density at radius 3 is 2.60 bits per heavy atom. The number of benzene rings is 1. The van der Waals surface area contributed by atoms with E-state index in [1.165, 1.54) is 0 Å². The number of ether oxygens (including phenoxy) is 1. The van der Waals surface area contributed by atoms with Gasteiger partial charge in [0, 0.05) is 20.3 Å². The molecule has 0 fully saturated rings. The molecule has 80 valence electrons. The third-order valence-electron chi connectivity index (χ3n) is 1.57. The lowest BCUT2D eigenvalue weighted by Gasteiger charge is -2.09. The van der Waals surface area contributed by atoms with Gasteiger partial charge in [-0.2, -0.15) is 0 Å². The number of hydrogen-bond donors (Lipinski definition) is 0. The van der Waals surface area contributed by atoms with Crippen molar-refractivity contribution in [2.45, 2.75) is 0 Å². The van der Waals surface area contributed by atoms with Crippen molar-refractivity contribution >= 4 is 17.9 Å². The van der Waals surface area contributed by atoms with Gasteiger partial charge in [0.25, 0.3) is 0 Å². The number of carbonyl (C=O) groups is 1. The highest BCUT2D eigenvalue weighted by Crippen LogP contribution is 2.24. The maximum Gasteiger partial charge on any atom is 0.186 e. The topological polar surface area (TPSA) is 29.5 Å². The second-order valence-electron chi connectivity index (χ2n) is 3.15. The Labute approximate surface area is 93.9 Å². The van der Waals surface area contributed by atoms with Crippen LogP contribution >= 0.6 is 11.6 Å². The van der Waals surface area contributed by atoms with E-state index in [2.05, 4.69) is 0 Å². The van der Waals surface area contributed by atoms with Crippen molar-refractivity contribution in [1.82, 2.24) is 4.90 Å². The zero-order chi connectivity index (χ0) is 11.3. The summed E-state index contributed by atoms with van der Waals surface area (Å²) in [4.78, 5) is 12.4. The molecule has 0 bridgehead atoms. The van der Waals surface area contributed by atoms with Gasteiger partial charge in [-0.1, -0.05) is 23.7 Å². The fourth-order valence-corrected chi connectivity index (χ4v) is 1.16. The summed E-state index contributed by atoms with van der Waals surface area (Å²) in [5, 5.41) is 0.476. The molecule has 0 aromatic heterocycles. The fraction of sp³-hybridized carbons (Fsp3) is 0.182. The van der Waals surface area contributed by atoms with E-state index >= 15 is 0 Å². The standard InChI is InChI=1S/C11H12ClNO2/c1-13(2)7-9(8-14)15-11-6-4-3-5-10(11)12/h3-8H,1-2H3. The minimum Gasteiger partial charge on any atom is -0.451 e. The molecule has 1 aromatic carbocycles. The third kappa shape index (κ3) is 3.64. The monoisotopic (exact) mass is 225 g/mol. The molecule has 0 aliphatic rings. The first-order valence-corrected chi connectivity index (χ1v) is 4.77. The van der Waals surface area contributed by atoms with E-state index in [0.717, 1.165) is 0 Å². The van der Waals surface area contributed by atoms with Gasteiger partial charge in [-0.3, -0.25) is 4.79 Å². The van der Waals surface area contributed by atoms with Gasteiger partial charge in [-0.15, -0.1) is 0 Å². The number of aldehydes is 1. The highest BCUT2D eigenvalue weighted by Gasteiger charge is 2.03. The highest BCUT2D eigenvalue weighted by atomic mass is 35.5. The number of hydrogen-bond acceptors (Lipinski definition) is 3. The van der Waals surface area contributed by atoms with Gasteiger partial charge < -0.3 is 9.64 Å². The Balaban J connectivity index is 2.85. The van der Waals surface area contributed by atoms with E-state index < -0.39 is 0 Å². The van der Waals surface area contributed by atoms with Crippen molar-refractivity contribution in [3.05, 3.63) is 41.2 Å². The van der Waals surface area contributed by atoms with Crippen LogP contribution in [-0.4, -0.2) is 25.3 Å². The molecule has 4 heteroatoms. The highest BCUT2D eigenvalue weighted by molar-refractivity contribution is 6.32. The van der Waals surface area contributed by atoms with Gasteiger partial charge in [0.1, 0.15) is 5.75 Å². The Kier molecular flexibility index (Phi) is 4.18. The Bertz CT molecular complexity index is 375. The molecule has 0 aliphatic carbocycles. The summed E-state index contributed by atoms with van der Waals surface area (Å²) in [5.74, 6) is 0.687. The average molecular weight is 226 g/mol. The molecular weight excluding hydrogens is 214 g/mol. The lowest BCUT2D eigenvalue weighted by molar-refractivity contribution is -0.106. The first kappa shape index (κ1) is 11.6. The largest absolute Gasteiger partial charge is 0.451 e. The first-order valence-electron chi connectivity index (χ1n) is 4.39. The lowest BCUT2D eigenvalue weighted by atomic mass is 10.3. The normalized spacial score (nSPS) is 11.0. The van der Waals surface area contributed by atoms with Crippen molar-refractivity contribution in [3.63, 3.8) is 0 Å². The maximum atomic E-state index is 10.7. The second-order valence-corrected chi connectivity index (χ2v) is 3.55. The fourth-order valence-electron chi connectivity index (χ4n) is 0.990. The molecule has 15 heavy (non-hydrogen) atoms. The summed E-state index contributed by atoms with van der Waals surface area (Å²) in [6.07, 6.45) is 2.22. The Hall–Kier alpha value is -1.48. The minimum atomic E-state index is 0.216. The molecule has 0 unspecified atom stereocenters. The van der Waals surface area contributed by atoms with Crippen molar-refractivity contribution in [3.8, 4) is 5.75 Å². The smallest absolute Gasteiger partial charge is 0.186 e. The van der Waals surface area contributed by atoms with E-state index in [0.29, 0.717) is 17.1 Å². The molecule has 0 amide bonds. The summed E-state index contributed by atoms with van der Waals surface area (Å²) in [6, 6.07) is 7.00. The predicted molar refractivity (Wildman–Crippen MR) is 59.9 cm³/mol. The molecule has 3 nitrogen and oxygen atoms in total. The molecule has 0 radical (unpaired) electrons. The molecule has 1 rings (SSSR count). The molecule has 0 atom stereocenters. The Morgan fingerprint density at radius 1 is 1.40 bits per heavy atom. The minimum absolute atomic E-state index is 0.216. The number of rotatable bonds is 4. The number of allylic oxidation sites excluding steroid dienone is 1. The van der Waals surface area contributed by atoms with Crippen LogP contribution in [0.5, 0.6) is 5.75 Å². The third-order valence-corrected chi connectivity index (χ3v) is 1.88. The van der Waals surface area contributed by atoms with E-state index in [4.69, 9.17) is 16.3 Å². The zero-order valence-corrected chi connectivity index (χ0v) is 9.36. The SMILES string of the molecule is CN(C)C=C(C=O)Oc1ccccc1Cl. The van der Waals surface area contributed by atoms with E-state index in [1.807, 2.05) is 0 Å². The van der Waals surface area contributed by atoms with Crippen LogP contribution in [-0.2, 0) is 4.79 Å². The quantitative estimate of drug-likeness (QED) is 0.448. The van der Waals surface area contributed by atoms with Gasteiger partial charge in [-0.25, -0.2) is 0 Å². The molecule has 1 aromatic rings. The van der Waals surface area contributed by atoms with E-state index in [-0.39, 0.29) is 5.76 Å². The number of halogens is 1. The van der Waals surface area contributed by atoms with Crippen LogP contribution in [0.25, 0.3) is 0 Å². The van der Waals surface area contributed by atoms with Crippen LogP contribution < -0.4 is 4.74 Å². The number of carbonyl (C=O) groups excluding carboxylic acids is 1. The first-order chi connectivity index (χ1) is 7.13. The lowest BCUT2D eigenvalue weighted by Crippen LogP contribution is -2.07. The summed E-state index contributed by atoms with van der Waals surface area (Å²) in [5.41, 5.74) is 0. The molecule has 0 spiro atoms. The van der Waals surface area contributed by atoms with Gasteiger partial charge >= 0.3 is 0 Å². The van der Waals surface area contributed by atoms with E-state index in [9.17, 15) is 4.79 Å². The predicted octanol–water partition coefficient (Wildman–Crippen LogP) is 2.32. The van der Waals surface area contributed by atoms with Gasteiger partial charge in [0.2, 0.25) is 0 Å². The zero-order valence-electron chi connectivity index (χ0n) is 8.61. The molecule has 0 saturated heterocycles. The van der Waals surface area contributed by atoms with Crippen LogP contribution in [0.15, 0.2) is 36.2 Å². The number of nitrogens with zero attached hydrogens (tertiary/aromatic N) is 1. The molecular formula is C11H12ClNO2. The number of para-hydroxylation sites is 1. The van der Waals surface area contributed by atoms with Gasteiger partial charge in [-0.05, 0) is 12.1 Å². The molecule has 0 aliphatic heterocycles. The molecule has 0 saturated carbocycles. The second kappa shape index (κ2) is 5.41. The average Bonchev–Trinajstić information content (AvgIpc) is 2.19. The van der Waals surface area contributed by atoms with Crippen LogP contribution in [0, 0.1) is 0 Å². The summed E-state index contributed by atoms with van der Waals surface area (Å²) >= 11 is 5.88. The van der Waals surface area contributed by atoms with Crippen LogP contribution in [0.1, 0.15) is 0 Å². The Morgan fingerprint density at radius 2 is 2.07 bits per heavy atom. The van der Waals surface area contributed by atoms with Crippen molar-refractivity contribution in [2.75, 3.05) is 14.1 Å². The van der Waals surface area contributed by atoms with E-state index in [1.54, 1.807) is 49.5 Å². The van der Waals surface area contributed by atoms with Gasteiger partial charge in [0.05, 0.1) is 5.02 Å². The van der Waals surface area contributed by atoms with Crippen LogP contribution in [0.3, 0.4) is 0 Å².